The number of hydrogen-bond donors (Lipinski definition) is 4. The van der Waals surface area contributed by atoms with Crippen molar-refractivity contribution in [2.24, 2.45) is 0 Å². The molecule has 2 aromatic rings. The van der Waals surface area contributed by atoms with E-state index in [1.165, 1.54) is 6.07 Å². The molecule has 0 aliphatic rings. The van der Waals surface area contributed by atoms with Gasteiger partial charge >= 0.3 is 0 Å². The molecule has 2 aromatic carbocycles. The molecule has 0 aliphatic heterocycles. The number of anilines is 3. The standard InChI is InChI=1S/C13H14N2O2/c1-8-6-12(11(14)7-13(8)17)15-9-2-4-10(16)5-3-9/h2-7,15-17H,14H2,1H3. The van der Waals surface area contributed by atoms with Gasteiger partial charge in [0.25, 0.3) is 0 Å². The molecule has 0 aromatic heterocycles. The third-order valence-electron chi connectivity index (χ3n) is 2.51. The molecule has 17 heavy (non-hydrogen) atoms. The highest BCUT2D eigenvalue weighted by Crippen LogP contribution is 2.30. The Balaban J connectivity index is 2.30. The lowest BCUT2D eigenvalue weighted by Gasteiger charge is -2.11. The molecule has 4 heteroatoms. The number of benzene rings is 2. The van der Waals surface area contributed by atoms with Gasteiger partial charge in [0.15, 0.2) is 0 Å². The Kier molecular flexibility index (Phi) is 2.78. The zero-order valence-corrected chi connectivity index (χ0v) is 9.44. The van der Waals surface area contributed by atoms with E-state index in [0.29, 0.717) is 5.69 Å². The Morgan fingerprint density at radius 1 is 1.06 bits per heavy atom. The second-order valence-electron chi connectivity index (χ2n) is 3.90. The van der Waals surface area contributed by atoms with Crippen molar-refractivity contribution in [2.45, 2.75) is 6.92 Å². The highest BCUT2D eigenvalue weighted by Gasteiger charge is 2.04. The third kappa shape index (κ3) is 2.42. The van der Waals surface area contributed by atoms with Crippen LogP contribution in [0.3, 0.4) is 0 Å². The van der Waals surface area contributed by atoms with Crippen molar-refractivity contribution in [1.29, 1.82) is 0 Å². The monoisotopic (exact) mass is 230 g/mol. The van der Waals surface area contributed by atoms with Crippen LogP contribution in [0.15, 0.2) is 36.4 Å². The molecule has 0 spiro atoms. The first-order chi connectivity index (χ1) is 8.06. The van der Waals surface area contributed by atoms with E-state index in [2.05, 4.69) is 5.32 Å². The number of rotatable bonds is 2. The average molecular weight is 230 g/mol. The van der Waals surface area contributed by atoms with Crippen LogP contribution < -0.4 is 11.1 Å². The second-order valence-corrected chi connectivity index (χ2v) is 3.90. The second kappa shape index (κ2) is 4.25. The summed E-state index contributed by atoms with van der Waals surface area (Å²) in [6.07, 6.45) is 0. The van der Waals surface area contributed by atoms with Crippen molar-refractivity contribution in [3.05, 3.63) is 42.0 Å². The van der Waals surface area contributed by atoms with Gasteiger partial charge in [0.2, 0.25) is 0 Å². The number of phenolic OH excluding ortho intramolecular Hbond substituents is 2. The quantitative estimate of drug-likeness (QED) is 0.472. The van der Waals surface area contributed by atoms with E-state index in [1.54, 1.807) is 37.3 Å². The molecule has 0 saturated carbocycles. The van der Waals surface area contributed by atoms with Crippen molar-refractivity contribution in [1.82, 2.24) is 0 Å². The SMILES string of the molecule is Cc1cc(Nc2ccc(O)cc2)c(N)cc1O. The van der Waals surface area contributed by atoms with Gasteiger partial charge in [0.05, 0.1) is 11.4 Å². The number of phenols is 2. The first-order valence-electron chi connectivity index (χ1n) is 5.21. The van der Waals surface area contributed by atoms with E-state index in [9.17, 15) is 10.2 Å². The molecule has 0 saturated heterocycles. The zero-order chi connectivity index (χ0) is 12.4. The van der Waals surface area contributed by atoms with Gasteiger partial charge < -0.3 is 21.3 Å². The zero-order valence-electron chi connectivity index (χ0n) is 9.44. The van der Waals surface area contributed by atoms with Gasteiger partial charge in [0, 0.05) is 11.8 Å². The highest BCUT2D eigenvalue weighted by atomic mass is 16.3. The first-order valence-corrected chi connectivity index (χ1v) is 5.21. The van der Waals surface area contributed by atoms with Crippen molar-refractivity contribution in [2.75, 3.05) is 11.1 Å². The van der Waals surface area contributed by atoms with Crippen LogP contribution in [0.4, 0.5) is 17.1 Å². The molecular weight excluding hydrogens is 216 g/mol. The highest BCUT2D eigenvalue weighted by molar-refractivity contribution is 5.75. The summed E-state index contributed by atoms with van der Waals surface area (Å²) in [5.41, 5.74) is 8.57. The minimum atomic E-state index is 0.179. The van der Waals surface area contributed by atoms with Gasteiger partial charge in [-0.1, -0.05) is 0 Å². The summed E-state index contributed by atoms with van der Waals surface area (Å²) in [5.74, 6) is 0.393. The molecule has 0 atom stereocenters. The number of aromatic hydroxyl groups is 2. The van der Waals surface area contributed by atoms with E-state index in [0.717, 1.165) is 16.9 Å². The van der Waals surface area contributed by atoms with Crippen molar-refractivity contribution in [3.63, 3.8) is 0 Å². The van der Waals surface area contributed by atoms with Crippen LogP contribution >= 0.6 is 0 Å². The fraction of sp³-hybridized carbons (Fsp3) is 0.0769. The summed E-state index contributed by atoms with van der Waals surface area (Å²) in [6, 6.07) is 9.96. The van der Waals surface area contributed by atoms with E-state index in [1.807, 2.05) is 0 Å². The minimum absolute atomic E-state index is 0.179. The van der Waals surface area contributed by atoms with E-state index < -0.39 is 0 Å². The lowest BCUT2D eigenvalue weighted by Crippen LogP contribution is -1.96. The van der Waals surface area contributed by atoms with Gasteiger partial charge in [-0.25, -0.2) is 0 Å². The molecule has 0 fully saturated rings. The van der Waals surface area contributed by atoms with Crippen LogP contribution in [0.1, 0.15) is 5.56 Å². The third-order valence-corrected chi connectivity index (χ3v) is 2.51. The maximum absolute atomic E-state index is 9.49. The molecule has 0 aliphatic carbocycles. The molecule has 0 radical (unpaired) electrons. The number of hydrogen-bond acceptors (Lipinski definition) is 4. The maximum atomic E-state index is 9.49. The molecular formula is C13H14N2O2. The van der Waals surface area contributed by atoms with E-state index in [-0.39, 0.29) is 11.5 Å². The summed E-state index contributed by atoms with van der Waals surface area (Å²) >= 11 is 0. The van der Waals surface area contributed by atoms with Gasteiger partial charge in [-0.15, -0.1) is 0 Å². The summed E-state index contributed by atoms with van der Waals surface area (Å²) in [7, 11) is 0. The Labute approximate surface area is 99.3 Å². The lowest BCUT2D eigenvalue weighted by atomic mass is 10.1. The largest absolute Gasteiger partial charge is 0.508 e. The minimum Gasteiger partial charge on any atom is -0.508 e. The molecule has 0 heterocycles. The fourth-order valence-electron chi connectivity index (χ4n) is 1.52. The van der Waals surface area contributed by atoms with Gasteiger partial charge in [-0.3, -0.25) is 0 Å². The molecule has 0 bridgehead atoms. The van der Waals surface area contributed by atoms with Crippen LogP contribution in [0.5, 0.6) is 11.5 Å². The number of nitrogen functional groups attached to an aromatic ring is 1. The Hall–Kier alpha value is -2.36. The van der Waals surface area contributed by atoms with Gasteiger partial charge in [-0.05, 0) is 42.8 Å². The number of nitrogens with one attached hydrogen (secondary N) is 1. The average Bonchev–Trinajstić information content (AvgIpc) is 2.29. The van der Waals surface area contributed by atoms with Crippen LogP contribution in [0.25, 0.3) is 0 Å². The smallest absolute Gasteiger partial charge is 0.120 e. The summed E-state index contributed by atoms with van der Waals surface area (Å²) in [6.45, 7) is 1.80. The number of aryl methyl sites for hydroxylation is 1. The Bertz CT molecular complexity index is 536. The normalized spacial score (nSPS) is 10.2. The Morgan fingerprint density at radius 2 is 1.71 bits per heavy atom. The van der Waals surface area contributed by atoms with Crippen LogP contribution in [0.2, 0.25) is 0 Å². The van der Waals surface area contributed by atoms with E-state index in [4.69, 9.17) is 5.73 Å². The fourth-order valence-corrected chi connectivity index (χ4v) is 1.52. The predicted molar refractivity (Wildman–Crippen MR) is 68.6 cm³/mol. The Morgan fingerprint density at radius 3 is 2.35 bits per heavy atom. The predicted octanol–water partition coefficient (Wildman–Crippen LogP) is 2.73. The molecule has 0 unspecified atom stereocenters. The van der Waals surface area contributed by atoms with Gasteiger partial charge in [-0.2, -0.15) is 0 Å². The van der Waals surface area contributed by atoms with Crippen molar-refractivity contribution >= 4 is 17.1 Å². The number of nitrogens with two attached hydrogens (primary N) is 1. The first kappa shape index (κ1) is 11.1. The van der Waals surface area contributed by atoms with Gasteiger partial charge in [0.1, 0.15) is 11.5 Å². The maximum Gasteiger partial charge on any atom is 0.120 e. The molecule has 2 rings (SSSR count). The summed E-state index contributed by atoms with van der Waals surface area (Å²) < 4.78 is 0. The molecule has 88 valence electrons. The summed E-state index contributed by atoms with van der Waals surface area (Å²) in [5, 5.41) is 21.8. The topological polar surface area (TPSA) is 78.5 Å². The lowest BCUT2D eigenvalue weighted by molar-refractivity contribution is 0.471. The van der Waals surface area contributed by atoms with Crippen molar-refractivity contribution in [3.8, 4) is 11.5 Å². The van der Waals surface area contributed by atoms with Crippen molar-refractivity contribution < 1.29 is 10.2 Å². The van der Waals surface area contributed by atoms with Crippen LogP contribution in [-0.4, -0.2) is 10.2 Å². The van der Waals surface area contributed by atoms with Crippen LogP contribution in [-0.2, 0) is 0 Å². The van der Waals surface area contributed by atoms with Crippen LogP contribution in [0, 0.1) is 6.92 Å². The molecule has 5 N–H and O–H groups in total. The summed E-state index contributed by atoms with van der Waals surface area (Å²) in [4.78, 5) is 0. The molecule has 0 amide bonds. The van der Waals surface area contributed by atoms with E-state index >= 15 is 0 Å². The molecule has 4 nitrogen and oxygen atoms in total.